The predicted molar refractivity (Wildman–Crippen MR) is 84.7 cm³/mol. The van der Waals surface area contributed by atoms with Crippen LogP contribution in [0.25, 0.3) is 0 Å². The number of hydrogen-bond donors (Lipinski definition) is 1. The van der Waals surface area contributed by atoms with Crippen molar-refractivity contribution in [3.8, 4) is 5.75 Å². The Bertz CT molecular complexity index is 592. The van der Waals surface area contributed by atoms with Gasteiger partial charge in [0.2, 0.25) is 0 Å². The molecule has 1 aromatic rings. The Labute approximate surface area is 135 Å². The highest BCUT2D eigenvalue weighted by molar-refractivity contribution is 5.83. The molecule has 1 saturated heterocycles. The first kappa shape index (κ1) is 15.5. The van der Waals surface area contributed by atoms with E-state index in [1.54, 1.807) is 4.90 Å². The Morgan fingerprint density at radius 3 is 3.04 bits per heavy atom. The van der Waals surface area contributed by atoms with E-state index < -0.39 is 6.10 Å². The van der Waals surface area contributed by atoms with E-state index in [4.69, 9.17) is 9.47 Å². The van der Waals surface area contributed by atoms with Gasteiger partial charge in [0, 0.05) is 26.7 Å². The average molecular weight is 319 g/mol. The van der Waals surface area contributed by atoms with Crippen molar-refractivity contribution in [1.82, 2.24) is 10.2 Å². The number of para-hydroxylation sites is 2. The van der Waals surface area contributed by atoms with Gasteiger partial charge in [0.15, 0.2) is 6.10 Å². The fourth-order valence-corrected chi connectivity index (χ4v) is 2.77. The molecule has 0 radical (unpaired) electrons. The Morgan fingerprint density at radius 2 is 2.22 bits per heavy atom. The summed E-state index contributed by atoms with van der Waals surface area (Å²) >= 11 is 0. The van der Waals surface area contributed by atoms with E-state index in [1.807, 2.05) is 36.2 Å². The lowest BCUT2D eigenvalue weighted by molar-refractivity contribution is -0.127. The smallest absolute Gasteiger partial charge is 0.409 e. The minimum Gasteiger partial charge on any atom is -0.477 e. The number of cyclic esters (lactones) is 1. The number of hydrogen-bond acceptors (Lipinski definition) is 5. The molecule has 2 amide bonds. The van der Waals surface area contributed by atoms with Gasteiger partial charge in [-0.2, -0.15) is 0 Å². The first-order valence-corrected chi connectivity index (χ1v) is 7.81. The summed E-state index contributed by atoms with van der Waals surface area (Å²) in [6, 6.07) is 7.64. The molecule has 7 nitrogen and oxygen atoms in total. The third-order valence-corrected chi connectivity index (χ3v) is 4.01. The Morgan fingerprint density at radius 1 is 1.39 bits per heavy atom. The highest BCUT2D eigenvalue weighted by Crippen LogP contribution is 2.31. The summed E-state index contributed by atoms with van der Waals surface area (Å²) in [6.45, 7) is 2.48. The molecule has 2 aliphatic heterocycles. The average Bonchev–Trinajstić information content (AvgIpc) is 2.56. The van der Waals surface area contributed by atoms with Crippen molar-refractivity contribution in [2.24, 2.45) is 0 Å². The highest BCUT2D eigenvalue weighted by atomic mass is 16.6. The molecule has 0 unspecified atom stereocenters. The van der Waals surface area contributed by atoms with Crippen LogP contribution in [0.2, 0.25) is 0 Å². The lowest BCUT2D eigenvalue weighted by Crippen LogP contribution is -2.50. The van der Waals surface area contributed by atoms with Crippen molar-refractivity contribution >= 4 is 17.7 Å². The van der Waals surface area contributed by atoms with Crippen molar-refractivity contribution in [2.75, 3.05) is 44.7 Å². The Hall–Kier alpha value is -2.44. The second-order valence-corrected chi connectivity index (χ2v) is 5.70. The van der Waals surface area contributed by atoms with E-state index in [9.17, 15) is 9.59 Å². The largest absolute Gasteiger partial charge is 0.477 e. The number of likely N-dealkylation sites (N-methyl/N-ethyl adjacent to an activating group) is 1. The maximum Gasteiger partial charge on any atom is 0.409 e. The summed E-state index contributed by atoms with van der Waals surface area (Å²) < 4.78 is 10.7. The monoisotopic (exact) mass is 319 g/mol. The molecule has 1 aromatic carbocycles. The summed E-state index contributed by atoms with van der Waals surface area (Å²) in [5.41, 5.74) is 0.979. The Balaban J connectivity index is 1.50. The van der Waals surface area contributed by atoms with E-state index in [2.05, 4.69) is 5.32 Å². The third kappa shape index (κ3) is 3.49. The lowest BCUT2D eigenvalue weighted by Gasteiger charge is -2.33. The van der Waals surface area contributed by atoms with Crippen molar-refractivity contribution in [1.29, 1.82) is 0 Å². The number of rotatable bonds is 4. The molecule has 1 atom stereocenters. The van der Waals surface area contributed by atoms with Crippen molar-refractivity contribution in [2.45, 2.75) is 12.5 Å². The van der Waals surface area contributed by atoms with Gasteiger partial charge >= 0.3 is 6.09 Å². The quantitative estimate of drug-likeness (QED) is 0.890. The standard InChI is InChI=1S/C16H21N3O4/c1-18-11-14(23-13-6-3-2-5-12(13)18)15(20)17-7-9-19-8-4-10-22-16(19)21/h2-3,5-6,14H,4,7-11H2,1H3,(H,17,20)/t14-/m1/s1. The molecule has 7 heteroatoms. The predicted octanol–water partition coefficient (Wildman–Crippen LogP) is 0.842. The van der Waals surface area contributed by atoms with Crippen LogP contribution in [0, 0.1) is 0 Å². The van der Waals surface area contributed by atoms with Gasteiger partial charge in [-0.15, -0.1) is 0 Å². The maximum atomic E-state index is 12.3. The van der Waals surface area contributed by atoms with Crippen LogP contribution < -0.4 is 15.0 Å². The number of carbonyl (C=O) groups excluding carboxylic acids is 2. The number of carbonyl (C=O) groups is 2. The van der Waals surface area contributed by atoms with Gasteiger partial charge in [0.05, 0.1) is 18.8 Å². The van der Waals surface area contributed by atoms with Crippen LogP contribution >= 0.6 is 0 Å². The van der Waals surface area contributed by atoms with Crippen LogP contribution in [0.3, 0.4) is 0 Å². The fraction of sp³-hybridized carbons (Fsp3) is 0.500. The van der Waals surface area contributed by atoms with Crippen LogP contribution in [-0.4, -0.2) is 62.8 Å². The van der Waals surface area contributed by atoms with E-state index in [0.29, 0.717) is 38.5 Å². The second-order valence-electron chi connectivity index (χ2n) is 5.70. The number of nitrogens with zero attached hydrogens (tertiary/aromatic N) is 2. The van der Waals surface area contributed by atoms with Gasteiger partial charge < -0.3 is 24.6 Å². The van der Waals surface area contributed by atoms with E-state index in [1.165, 1.54) is 0 Å². The summed E-state index contributed by atoms with van der Waals surface area (Å²) in [5, 5.41) is 2.83. The van der Waals surface area contributed by atoms with Crippen molar-refractivity contribution in [3.63, 3.8) is 0 Å². The summed E-state index contributed by atoms with van der Waals surface area (Å²) in [7, 11) is 1.94. The molecule has 0 spiro atoms. The number of fused-ring (bicyclic) bond motifs is 1. The first-order valence-electron chi connectivity index (χ1n) is 7.81. The minimum absolute atomic E-state index is 0.170. The number of amides is 2. The van der Waals surface area contributed by atoms with Crippen molar-refractivity contribution < 1.29 is 19.1 Å². The van der Waals surface area contributed by atoms with E-state index in [-0.39, 0.29) is 12.0 Å². The van der Waals surface area contributed by atoms with Crippen LogP contribution in [0.15, 0.2) is 24.3 Å². The van der Waals surface area contributed by atoms with Gasteiger partial charge in [-0.1, -0.05) is 12.1 Å². The molecule has 2 aliphatic rings. The highest BCUT2D eigenvalue weighted by Gasteiger charge is 2.29. The zero-order valence-corrected chi connectivity index (χ0v) is 13.2. The third-order valence-electron chi connectivity index (χ3n) is 4.01. The molecule has 3 rings (SSSR count). The van der Waals surface area contributed by atoms with Crippen molar-refractivity contribution in [3.05, 3.63) is 24.3 Å². The zero-order chi connectivity index (χ0) is 16.2. The molecular weight excluding hydrogens is 298 g/mol. The molecule has 1 fully saturated rings. The molecule has 2 heterocycles. The summed E-state index contributed by atoms with van der Waals surface area (Å²) in [5.74, 6) is 0.540. The van der Waals surface area contributed by atoms with Gasteiger partial charge in [-0.05, 0) is 18.6 Å². The van der Waals surface area contributed by atoms with Gasteiger partial charge in [0.25, 0.3) is 5.91 Å². The SMILES string of the molecule is CN1C[C@H](C(=O)NCCN2CCCOC2=O)Oc2ccccc21. The molecular formula is C16H21N3O4. The molecule has 23 heavy (non-hydrogen) atoms. The number of anilines is 1. The van der Waals surface area contributed by atoms with Gasteiger partial charge in [-0.25, -0.2) is 4.79 Å². The maximum absolute atomic E-state index is 12.3. The van der Waals surface area contributed by atoms with E-state index in [0.717, 1.165) is 12.1 Å². The Kier molecular flexibility index (Phi) is 4.55. The molecule has 1 N–H and O–H groups in total. The molecule has 0 saturated carbocycles. The normalized spacial score (nSPS) is 20.4. The summed E-state index contributed by atoms with van der Waals surface area (Å²) in [6.07, 6.45) is -0.0382. The zero-order valence-electron chi connectivity index (χ0n) is 13.2. The molecule has 124 valence electrons. The van der Waals surface area contributed by atoms with Crippen LogP contribution in [0.1, 0.15) is 6.42 Å². The molecule has 0 aliphatic carbocycles. The molecule has 0 aromatic heterocycles. The van der Waals surface area contributed by atoms with Gasteiger partial charge in [0.1, 0.15) is 5.75 Å². The fourth-order valence-electron chi connectivity index (χ4n) is 2.77. The van der Waals surface area contributed by atoms with Crippen LogP contribution in [0.5, 0.6) is 5.75 Å². The topological polar surface area (TPSA) is 71.1 Å². The van der Waals surface area contributed by atoms with Gasteiger partial charge in [-0.3, -0.25) is 4.79 Å². The molecule has 0 bridgehead atoms. The number of benzene rings is 1. The minimum atomic E-state index is -0.553. The van der Waals surface area contributed by atoms with Crippen LogP contribution in [0.4, 0.5) is 10.5 Å². The number of ether oxygens (including phenoxy) is 2. The second kappa shape index (κ2) is 6.76. The summed E-state index contributed by atoms with van der Waals surface area (Å²) in [4.78, 5) is 27.4. The van der Waals surface area contributed by atoms with Crippen LogP contribution in [-0.2, 0) is 9.53 Å². The number of nitrogens with one attached hydrogen (secondary N) is 1. The first-order chi connectivity index (χ1) is 11.1. The lowest BCUT2D eigenvalue weighted by atomic mass is 10.2. The van der Waals surface area contributed by atoms with E-state index >= 15 is 0 Å².